The Hall–Kier alpha value is -1.42. The third kappa shape index (κ3) is 3.82. The van der Waals surface area contributed by atoms with E-state index in [9.17, 15) is 9.18 Å². The average molecular weight is 239 g/mol. The number of carboxylic acids is 1. The molecule has 1 N–H and O–H groups in total. The van der Waals surface area contributed by atoms with Crippen molar-refractivity contribution in [1.82, 2.24) is 4.90 Å². The number of benzene rings is 1. The molecule has 4 heteroatoms. The van der Waals surface area contributed by atoms with E-state index in [1.54, 1.807) is 6.07 Å². The van der Waals surface area contributed by atoms with Crippen LogP contribution in [-0.4, -0.2) is 35.6 Å². The van der Waals surface area contributed by atoms with Crippen LogP contribution in [0.2, 0.25) is 0 Å². The third-order valence-electron chi connectivity index (χ3n) is 2.87. The van der Waals surface area contributed by atoms with Crippen LogP contribution in [-0.2, 0) is 6.42 Å². The van der Waals surface area contributed by atoms with Gasteiger partial charge in [-0.25, -0.2) is 9.18 Å². The lowest BCUT2D eigenvalue weighted by molar-refractivity contribution is 0.0691. The number of nitrogens with zero attached hydrogens (tertiary/aromatic N) is 1. The van der Waals surface area contributed by atoms with Crippen molar-refractivity contribution in [2.75, 3.05) is 19.6 Å². The van der Waals surface area contributed by atoms with Gasteiger partial charge in [0.2, 0.25) is 0 Å². The lowest BCUT2D eigenvalue weighted by Crippen LogP contribution is -2.25. The molecule has 0 aliphatic rings. The molecule has 0 atom stereocenters. The minimum Gasteiger partial charge on any atom is -0.478 e. The SMILES string of the molecule is CCN(CC)CCc1ccc(F)c(C(=O)O)c1. The molecule has 0 heterocycles. The Morgan fingerprint density at radius 2 is 2.00 bits per heavy atom. The molecule has 0 saturated carbocycles. The van der Waals surface area contributed by atoms with Crippen LogP contribution in [0.3, 0.4) is 0 Å². The molecule has 0 amide bonds. The van der Waals surface area contributed by atoms with Crippen LogP contribution in [0.1, 0.15) is 29.8 Å². The van der Waals surface area contributed by atoms with Gasteiger partial charge in [0.25, 0.3) is 0 Å². The number of hydrogen-bond acceptors (Lipinski definition) is 2. The summed E-state index contributed by atoms with van der Waals surface area (Å²) in [7, 11) is 0. The van der Waals surface area contributed by atoms with Crippen molar-refractivity contribution >= 4 is 5.97 Å². The van der Waals surface area contributed by atoms with E-state index in [4.69, 9.17) is 5.11 Å². The second-order valence-corrected chi connectivity index (χ2v) is 3.90. The first-order chi connectivity index (χ1) is 8.08. The summed E-state index contributed by atoms with van der Waals surface area (Å²) in [4.78, 5) is 13.0. The summed E-state index contributed by atoms with van der Waals surface area (Å²) in [6, 6.07) is 4.29. The molecule has 0 aliphatic heterocycles. The van der Waals surface area contributed by atoms with E-state index >= 15 is 0 Å². The van der Waals surface area contributed by atoms with E-state index in [0.29, 0.717) is 0 Å². The van der Waals surface area contributed by atoms with Crippen LogP contribution >= 0.6 is 0 Å². The van der Waals surface area contributed by atoms with Gasteiger partial charge in [0.1, 0.15) is 5.82 Å². The van der Waals surface area contributed by atoms with Crippen molar-refractivity contribution in [3.05, 3.63) is 35.1 Å². The molecule has 0 unspecified atom stereocenters. The highest BCUT2D eigenvalue weighted by Gasteiger charge is 2.11. The second-order valence-electron chi connectivity index (χ2n) is 3.90. The van der Waals surface area contributed by atoms with Gasteiger partial charge in [-0.3, -0.25) is 0 Å². The summed E-state index contributed by atoms with van der Waals surface area (Å²) in [5.41, 5.74) is 0.609. The maximum Gasteiger partial charge on any atom is 0.338 e. The molecule has 0 radical (unpaired) electrons. The van der Waals surface area contributed by atoms with Gasteiger partial charge in [-0.15, -0.1) is 0 Å². The van der Waals surface area contributed by atoms with E-state index < -0.39 is 11.8 Å². The van der Waals surface area contributed by atoms with Gasteiger partial charge in [-0.05, 0) is 37.2 Å². The number of carboxylic acid groups (broad SMARTS) is 1. The van der Waals surface area contributed by atoms with Crippen molar-refractivity contribution in [1.29, 1.82) is 0 Å². The van der Waals surface area contributed by atoms with Gasteiger partial charge in [0, 0.05) is 6.54 Å². The highest BCUT2D eigenvalue weighted by atomic mass is 19.1. The minimum atomic E-state index is -1.22. The Morgan fingerprint density at radius 1 is 1.35 bits per heavy atom. The average Bonchev–Trinajstić information content (AvgIpc) is 2.32. The third-order valence-corrected chi connectivity index (χ3v) is 2.87. The summed E-state index contributed by atoms with van der Waals surface area (Å²) in [5, 5.41) is 8.81. The molecule has 1 rings (SSSR count). The molecule has 1 aromatic rings. The number of rotatable bonds is 6. The normalized spacial score (nSPS) is 10.8. The lowest BCUT2D eigenvalue weighted by Gasteiger charge is -2.17. The quantitative estimate of drug-likeness (QED) is 0.828. The molecular weight excluding hydrogens is 221 g/mol. The fourth-order valence-corrected chi connectivity index (χ4v) is 1.72. The zero-order chi connectivity index (χ0) is 12.8. The molecule has 0 aliphatic carbocycles. The lowest BCUT2D eigenvalue weighted by atomic mass is 10.1. The standard InChI is InChI=1S/C13H18FNO2/c1-3-15(4-2)8-7-10-5-6-12(14)11(9-10)13(16)17/h5-6,9H,3-4,7-8H2,1-2H3,(H,16,17). The molecule has 0 saturated heterocycles. The number of aromatic carboxylic acids is 1. The van der Waals surface area contributed by atoms with Crippen LogP contribution in [0.4, 0.5) is 4.39 Å². The molecule has 0 fully saturated rings. The Morgan fingerprint density at radius 3 is 2.53 bits per heavy atom. The fraction of sp³-hybridized carbons (Fsp3) is 0.462. The maximum absolute atomic E-state index is 13.2. The van der Waals surface area contributed by atoms with Gasteiger partial charge < -0.3 is 10.0 Å². The highest BCUT2D eigenvalue weighted by molar-refractivity contribution is 5.88. The molecule has 0 bridgehead atoms. The first-order valence-electron chi connectivity index (χ1n) is 5.82. The molecular formula is C13H18FNO2. The first kappa shape index (κ1) is 13.6. The largest absolute Gasteiger partial charge is 0.478 e. The Bertz CT molecular complexity index is 389. The Kier molecular flexibility index (Phi) is 5.10. The van der Waals surface area contributed by atoms with Crippen molar-refractivity contribution in [3.8, 4) is 0 Å². The summed E-state index contributed by atoms with van der Waals surface area (Å²) in [5.74, 6) is -1.89. The van der Waals surface area contributed by atoms with Gasteiger partial charge in [-0.2, -0.15) is 0 Å². The number of hydrogen-bond donors (Lipinski definition) is 1. The van der Waals surface area contributed by atoms with Crippen LogP contribution in [0.5, 0.6) is 0 Å². The minimum absolute atomic E-state index is 0.248. The predicted molar refractivity (Wildman–Crippen MR) is 64.9 cm³/mol. The van der Waals surface area contributed by atoms with Gasteiger partial charge in [0.15, 0.2) is 0 Å². The van der Waals surface area contributed by atoms with E-state index in [0.717, 1.165) is 31.6 Å². The second kappa shape index (κ2) is 6.35. The van der Waals surface area contributed by atoms with E-state index in [-0.39, 0.29) is 5.56 Å². The molecule has 1 aromatic carbocycles. The van der Waals surface area contributed by atoms with Crippen LogP contribution in [0.15, 0.2) is 18.2 Å². The summed E-state index contributed by atoms with van der Waals surface area (Å²) >= 11 is 0. The summed E-state index contributed by atoms with van der Waals surface area (Å²) in [6.07, 6.45) is 0.738. The van der Waals surface area contributed by atoms with Gasteiger partial charge in [0.05, 0.1) is 5.56 Å². The van der Waals surface area contributed by atoms with E-state index in [2.05, 4.69) is 18.7 Å². The molecule has 3 nitrogen and oxygen atoms in total. The van der Waals surface area contributed by atoms with Crippen LogP contribution in [0, 0.1) is 5.82 Å². The van der Waals surface area contributed by atoms with Gasteiger partial charge in [-0.1, -0.05) is 19.9 Å². The van der Waals surface area contributed by atoms with Gasteiger partial charge >= 0.3 is 5.97 Å². The zero-order valence-corrected chi connectivity index (χ0v) is 10.2. The van der Waals surface area contributed by atoms with E-state index in [1.807, 2.05) is 0 Å². The molecule has 94 valence electrons. The zero-order valence-electron chi connectivity index (χ0n) is 10.2. The molecule has 17 heavy (non-hydrogen) atoms. The maximum atomic E-state index is 13.2. The van der Waals surface area contributed by atoms with Crippen molar-refractivity contribution in [2.45, 2.75) is 20.3 Å². The summed E-state index contributed by atoms with van der Waals surface area (Å²) < 4.78 is 13.2. The Labute approximate surface area is 101 Å². The van der Waals surface area contributed by atoms with Crippen molar-refractivity contribution in [2.24, 2.45) is 0 Å². The number of likely N-dealkylation sites (N-methyl/N-ethyl adjacent to an activating group) is 1. The monoisotopic (exact) mass is 239 g/mol. The van der Waals surface area contributed by atoms with Crippen LogP contribution in [0.25, 0.3) is 0 Å². The number of carbonyl (C=O) groups is 1. The van der Waals surface area contributed by atoms with E-state index in [1.165, 1.54) is 12.1 Å². The first-order valence-corrected chi connectivity index (χ1v) is 5.82. The fourth-order valence-electron chi connectivity index (χ4n) is 1.72. The Balaban J connectivity index is 2.72. The van der Waals surface area contributed by atoms with Crippen LogP contribution < -0.4 is 0 Å². The topological polar surface area (TPSA) is 40.5 Å². The molecule has 0 aromatic heterocycles. The summed E-state index contributed by atoms with van der Waals surface area (Å²) in [6.45, 7) is 6.94. The molecule has 0 spiro atoms. The highest BCUT2D eigenvalue weighted by Crippen LogP contribution is 2.11. The van der Waals surface area contributed by atoms with Crippen molar-refractivity contribution in [3.63, 3.8) is 0 Å². The predicted octanol–water partition coefficient (Wildman–Crippen LogP) is 2.41. The number of halogens is 1. The van der Waals surface area contributed by atoms with Crippen molar-refractivity contribution < 1.29 is 14.3 Å². The smallest absolute Gasteiger partial charge is 0.338 e.